The molecule has 2 aromatic carbocycles. The number of nitrogens with zero attached hydrogens (tertiary/aromatic N) is 2. The fourth-order valence-electron chi connectivity index (χ4n) is 3.46. The minimum absolute atomic E-state index is 0.129. The number of carbonyl (C=O) groups excluding carboxylic acids is 1. The van der Waals surface area contributed by atoms with Crippen LogP contribution in [0.3, 0.4) is 0 Å². The number of anilines is 1. The maximum Gasteiger partial charge on any atom is 0.387 e. The SMILES string of the molecule is O=C(/C=C/c1ccc(OC(F)F)cc1OC(F)F)NCCN1CCN(c2ccccc2)CC1. The number of benzene rings is 2. The van der Waals surface area contributed by atoms with Crippen LogP contribution in [0.2, 0.25) is 0 Å². The molecule has 0 saturated carbocycles. The lowest BCUT2D eigenvalue weighted by atomic mass is 10.1. The summed E-state index contributed by atoms with van der Waals surface area (Å²) in [6.45, 7) is -1.60. The summed E-state index contributed by atoms with van der Waals surface area (Å²) in [6, 6.07) is 13.5. The van der Waals surface area contributed by atoms with Crippen molar-refractivity contribution in [2.24, 2.45) is 0 Å². The third kappa shape index (κ3) is 7.98. The van der Waals surface area contributed by atoms with E-state index in [9.17, 15) is 22.4 Å². The van der Waals surface area contributed by atoms with Crippen molar-refractivity contribution in [1.29, 1.82) is 0 Å². The van der Waals surface area contributed by atoms with Gasteiger partial charge in [0.15, 0.2) is 0 Å². The van der Waals surface area contributed by atoms with E-state index in [1.165, 1.54) is 30.0 Å². The summed E-state index contributed by atoms with van der Waals surface area (Å²) in [4.78, 5) is 16.7. The summed E-state index contributed by atoms with van der Waals surface area (Å²) >= 11 is 0. The van der Waals surface area contributed by atoms with Crippen LogP contribution in [0.15, 0.2) is 54.6 Å². The molecule has 1 N–H and O–H groups in total. The van der Waals surface area contributed by atoms with Crippen molar-refractivity contribution in [2.75, 3.05) is 44.2 Å². The molecule has 6 nitrogen and oxygen atoms in total. The van der Waals surface area contributed by atoms with Gasteiger partial charge in [0.1, 0.15) is 11.5 Å². The Kier molecular flexibility index (Phi) is 8.94. The molecule has 0 aromatic heterocycles. The molecule has 1 aliphatic rings. The van der Waals surface area contributed by atoms with Crippen LogP contribution in [0, 0.1) is 0 Å². The molecule has 178 valence electrons. The Morgan fingerprint density at radius 2 is 1.67 bits per heavy atom. The van der Waals surface area contributed by atoms with Gasteiger partial charge in [0.2, 0.25) is 5.91 Å². The highest BCUT2D eigenvalue weighted by Crippen LogP contribution is 2.28. The van der Waals surface area contributed by atoms with Gasteiger partial charge in [-0.25, -0.2) is 0 Å². The molecule has 1 saturated heterocycles. The molecule has 10 heteroatoms. The normalized spacial score (nSPS) is 14.8. The fourth-order valence-corrected chi connectivity index (χ4v) is 3.46. The van der Waals surface area contributed by atoms with Crippen LogP contribution in [0.1, 0.15) is 5.56 Å². The third-order valence-electron chi connectivity index (χ3n) is 5.06. The van der Waals surface area contributed by atoms with E-state index >= 15 is 0 Å². The highest BCUT2D eigenvalue weighted by Gasteiger charge is 2.17. The highest BCUT2D eigenvalue weighted by atomic mass is 19.3. The minimum atomic E-state index is -3.16. The first-order chi connectivity index (χ1) is 15.9. The van der Waals surface area contributed by atoms with Crippen molar-refractivity contribution in [3.8, 4) is 11.5 Å². The Bertz CT molecular complexity index is 920. The molecule has 0 atom stereocenters. The molecule has 1 aliphatic heterocycles. The van der Waals surface area contributed by atoms with E-state index in [0.29, 0.717) is 13.1 Å². The number of para-hydroxylation sites is 1. The van der Waals surface area contributed by atoms with Gasteiger partial charge in [-0.3, -0.25) is 9.69 Å². The van der Waals surface area contributed by atoms with Gasteiger partial charge in [-0.1, -0.05) is 18.2 Å². The zero-order chi connectivity index (χ0) is 23.6. The summed E-state index contributed by atoms with van der Waals surface area (Å²) < 4.78 is 58.5. The average molecular weight is 467 g/mol. The van der Waals surface area contributed by atoms with Gasteiger partial charge in [-0.2, -0.15) is 17.6 Å². The number of alkyl halides is 4. The molecule has 33 heavy (non-hydrogen) atoms. The maximum absolute atomic E-state index is 12.6. The molecule has 1 fully saturated rings. The van der Waals surface area contributed by atoms with Crippen molar-refractivity contribution in [3.05, 3.63) is 60.2 Å². The van der Waals surface area contributed by atoms with Gasteiger partial charge in [0.05, 0.1) is 0 Å². The van der Waals surface area contributed by atoms with Gasteiger partial charge in [0, 0.05) is 62.7 Å². The van der Waals surface area contributed by atoms with E-state index in [1.54, 1.807) is 0 Å². The molecular formula is C23H25F4N3O3. The predicted octanol–water partition coefficient (Wildman–Crippen LogP) is 3.84. The standard InChI is InChI=1S/C23H25F4N3O3/c24-22(25)32-19-8-6-17(20(16-19)33-23(26)27)7-9-21(31)28-10-11-29-12-14-30(15-13-29)18-4-2-1-3-5-18/h1-9,16,22-23H,10-15H2,(H,28,31)/b9-7+. The molecular weight excluding hydrogens is 442 g/mol. The number of halogens is 4. The first kappa shape index (κ1) is 24.4. The zero-order valence-electron chi connectivity index (χ0n) is 17.8. The van der Waals surface area contributed by atoms with Crippen LogP contribution < -0.4 is 19.7 Å². The van der Waals surface area contributed by atoms with E-state index in [0.717, 1.165) is 32.2 Å². The number of amides is 1. The van der Waals surface area contributed by atoms with E-state index in [1.807, 2.05) is 18.2 Å². The van der Waals surface area contributed by atoms with Gasteiger partial charge >= 0.3 is 13.2 Å². The molecule has 1 heterocycles. The topological polar surface area (TPSA) is 54.0 Å². The highest BCUT2D eigenvalue weighted by molar-refractivity contribution is 5.92. The van der Waals surface area contributed by atoms with Crippen molar-refractivity contribution in [1.82, 2.24) is 10.2 Å². The number of carbonyl (C=O) groups is 1. The van der Waals surface area contributed by atoms with E-state index < -0.39 is 19.1 Å². The third-order valence-corrected chi connectivity index (χ3v) is 5.06. The van der Waals surface area contributed by atoms with Gasteiger partial charge in [0.25, 0.3) is 0 Å². The summed E-state index contributed by atoms with van der Waals surface area (Å²) in [5, 5.41) is 2.75. The minimum Gasteiger partial charge on any atom is -0.435 e. The first-order valence-electron chi connectivity index (χ1n) is 10.4. The molecule has 0 bridgehead atoms. The largest absolute Gasteiger partial charge is 0.435 e. The number of rotatable bonds is 10. The molecule has 3 rings (SSSR count). The van der Waals surface area contributed by atoms with Gasteiger partial charge in [-0.05, 0) is 30.3 Å². The quantitative estimate of drug-likeness (QED) is 0.425. The first-order valence-corrected chi connectivity index (χ1v) is 10.4. The summed E-state index contributed by atoms with van der Waals surface area (Å²) in [5.74, 6) is -1.10. The monoisotopic (exact) mass is 467 g/mol. The molecule has 1 amide bonds. The van der Waals surface area contributed by atoms with Gasteiger partial charge in [-0.15, -0.1) is 0 Å². The maximum atomic E-state index is 12.6. The Morgan fingerprint density at radius 3 is 2.33 bits per heavy atom. The average Bonchev–Trinajstić information content (AvgIpc) is 2.79. The molecule has 0 unspecified atom stereocenters. The van der Waals surface area contributed by atoms with Crippen molar-refractivity contribution < 1.29 is 31.8 Å². The number of piperazine rings is 1. The number of hydrogen-bond donors (Lipinski definition) is 1. The number of ether oxygens (including phenoxy) is 2. The predicted molar refractivity (Wildman–Crippen MR) is 117 cm³/mol. The fraction of sp³-hybridized carbons (Fsp3) is 0.348. The second-order valence-electron chi connectivity index (χ2n) is 7.25. The molecule has 0 aliphatic carbocycles. The zero-order valence-corrected chi connectivity index (χ0v) is 17.8. The molecule has 0 spiro atoms. The van der Waals surface area contributed by atoms with Crippen LogP contribution in [0.4, 0.5) is 23.2 Å². The smallest absolute Gasteiger partial charge is 0.387 e. The Labute approximate surface area is 189 Å². The Balaban J connectivity index is 1.45. The lowest BCUT2D eigenvalue weighted by Gasteiger charge is -2.36. The van der Waals surface area contributed by atoms with Crippen molar-refractivity contribution in [2.45, 2.75) is 13.2 Å². The number of nitrogens with one attached hydrogen (secondary N) is 1. The summed E-state index contributed by atoms with van der Waals surface area (Å²) in [5.41, 5.74) is 1.32. The van der Waals surface area contributed by atoms with E-state index in [-0.39, 0.29) is 17.1 Å². The van der Waals surface area contributed by atoms with Gasteiger partial charge < -0.3 is 19.7 Å². The second kappa shape index (κ2) is 12.1. The lowest BCUT2D eigenvalue weighted by Crippen LogP contribution is -2.48. The van der Waals surface area contributed by atoms with E-state index in [2.05, 4.69) is 36.7 Å². The van der Waals surface area contributed by atoms with E-state index in [4.69, 9.17) is 0 Å². The number of hydrogen-bond acceptors (Lipinski definition) is 5. The summed E-state index contributed by atoms with van der Waals surface area (Å²) in [7, 11) is 0. The Morgan fingerprint density at radius 1 is 0.970 bits per heavy atom. The van der Waals surface area contributed by atoms with Crippen LogP contribution in [-0.2, 0) is 4.79 Å². The lowest BCUT2D eigenvalue weighted by molar-refractivity contribution is -0.116. The summed E-state index contributed by atoms with van der Waals surface area (Å²) in [6.07, 6.45) is 2.45. The van der Waals surface area contributed by atoms with Crippen LogP contribution in [0.25, 0.3) is 6.08 Å². The molecule has 0 radical (unpaired) electrons. The molecule has 2 aromatic rings. The van der Waals surface area contributed by atoms with Crippen LogP contribution in [-0.4, -0.2) is 63.3 Å². The van der Waals surface area contributed by atoms with Crippen molar-refractivity contribution in [3.63, 3.8) is 0 Å². The second-order valence-corrected chi connectivity index (χ2v) is 7.25. The van der Waals surface area contributed by atoms with Crippen LogP contribution >= 0.6 is 0 Å². The Hall–Kier alpha value is -3.27. The van der Waals surface area contributed by atoms with Crippen molar-refractivity contribution >= 4 is 17.7 Å². The van der Waals surface area contributed by atoms with Crippen LogP contribution in [0.5, 0.6) is 11.5 Å².